The molecule has 154 valence electrons. The van der Waals surface area contributed by atoms with E-state index in [1.54, 1.807) is 0 Å². The Bertz CT molecular complexity index is 1100. The van der Waals surface area contributed by atoms with Crippen LogP contribution in [0.2, 0.25) is 0 Å². The quantitative estimate of drug-likeness (QED) is 0.446. The van der Waals surface area contributed by atoms with Crippen molar-refractivity contribution in [1.82, 2.24) is 19.9 Å². The van der Waals surface area contributed by atoms with Crippen molar-refractivity contribution in [2.75, 3.05) is 0 Å². The van der Waals surface area contributed by atoms with Gasteiger partial charge in [-0.15, -0.1) is 0 Å². The molecule has 0 bridgehead atoms. The van der Waals surface area contributed by atoms with Crippen LogP contribution >= 0.6 is 0 Å². The van der Waals surface area contributed by atoms with Crippen molar-refractivity contribution in [3.05, 3.63) is 53.8 Å². The van der Waals surface area contributed by atoms with E-state index in [9.17, 15) is 39.5 Å². The van der Waals surface area contributed by atoms with E-state index in [4.69, 9.17) is 0 Å². The summed E-state index contributed by atoms with van der Waals surface area (Å²) in [6.07, 6.45) is -10.3. The van der Waals surface area contributed by atoms with Gasteiger partial charge in [-0.1, -0.05) is 12.6 Å². The minimum atomic E-state index is -5.31. The average molecular weight is 426 g/mol. The maximum absolute atomic E-state index is 14.3. The number of imidazole rings is 1. The Morgan fingerprint density at radius 2 is 1.55 bits per heavy atom. The number of nitrogens with zero attached hydrogens (tertiary/aromatic N) is 3. The first-order valence-electron chi connectivity index (χ1n) is 7.48. The summed E-state index contributed by atoms with van der Waals surface area (Å²) in [7, 11) is 0. The van der Waals surface area contributed by atoms with Gasteiger partial charge < -0.3 is 4.98 Å². The summed E-state index contributed by atoms with van der Waals surface area (Å²) in [4.78, 5) is 10.9. The van der Waals surface area contributed by atoms with Gasteiger partial charge >= 0.3 is 12.4 Å². The number of halogens is 9. The standard InChI is InChI=1S/C16H7F9N4/c1-2-14(18,19)6-3-4-7(8(17)5-6)11-26-9-10(15(20,21)22)27-13(16(23,24)25)29-12(9)28-11/h2-5H,1H2,(H,26,27,28,29). The Hall–Kier alpha value is -3.12. The number of nitrogens with one attached hydrogen (secondary N) is 1. The van der Waals surface area contributed by atoms with Gasteiger partial charge in [-0.2, -0.15) is 35.1 Å². The minimum Gasteiger partial charge on any atom is -0.335 e. The van der Waals surface area contributed by atoms with Gasteiger partial charge in [0.1, 0.15) is 17.2 Å². The number of aromatic amines is 1. The molecule has 4 nitrogen and oxygen atoms in total. The molecule has 0 amide bonds. The zero-order valence-corrected chi connectivity index (χ0v) is 13.8. The highest BCUT2D eigenvalue weighted by atomic mass is 19.4. The van der Waals surface area contributed by atoms with E-state index in [-0.39, 0.29) is 6.08 Å². The highest BCUT2D eigenvalue weighted by Crippen LogP contribution is 2.37. The van der Waals surface area contributed by atoms with E-state index < -0.39 is 63.7 Å². The Morgan fingerprint density at radius 3 is 2.07 bits per heavy atom. The summed E-state index contributed by atoms with van der Waals surface area (Å²) in [5, 5.41) is 0. The van der Waals surface area contributed by atoms with Crippen molar-refractivity contribution >= 4 is 11.2 Å². The molecule has 0 fully saturated rings. The van der Waals surface area contributed by atoms with E-state index in [1.165, 1.54) is 0 Å². The van der Waals surface area contributed by atoms with Crippen molar-refractivity contribution in [2.24, 2.45) is 0 Å². The lowest BCUT2D eigenvalue weighted by Crippen LogP contribution is -2.17. The summed E-state index contributed by atoms with van der Waals surface area (Å²) in [6, 6.07) is 1.96. The lowest BCUT2D eigenvalue weighted by Gasteiger charge is -2.12. The number of allylic oxidation sites excluding steroid dienone is 1. The van der Waals surface area contributed by atoms with Gasteiger partial charge in [-0.05, 0) is 18.2 Å². The summed E-state index contributed by atoms with van der Waals surface area (Å²) in [5.41, 5.74) is -5.34. The van der Waals surface area contributed by atoms with Crippen molar-refractivity contribution in [2.45, 2.75) is 18.3 Å². The fourth-order valence-corrected chi connectivity index (χ4v) is 2.39. The van der Waals surface area contributed by atoms with Crippen LogP contribution in [0.25, 0.3) is 22.6 Å². The number of fused-ring (bicyclic) bond motifs is 1. The van der Waals surface area contributed by atoms with Gasteiger partial charge in [0.2, 0.25) is 5.82 Å². The van der Waals surface area contributed by atoms with E-state index in [0.717, 1.165) is 12.1 Å². The summed E-state index contributed by atoms with van der Waals surface area (Å²) in [6.45, 7) is 2.90. The fourth-order valence-electron chi connectivity index (χ4n) is 2.39. The van der Waals surface area contributed by atoms with E-state index in [1.807, 2.05) is 4.98 Å². The third-order valence-corrected chi connectivity index (χ3v) is 3.74. The second kappa shape index (κ2) is 6.46. The number of hydrogen-bond donors (Lipinski definition) is 1. The summed E-state index contributed by atoms with van der Waals surface area (Å²) < 4.78 is 119. The molecule has 2 heterocycles. The molecule has 0 radical (unpaired) electrons. The Kier molecular flexibility index (Phi) is 4.59. The molecule has 3 aromatic rings. The molecule has 2 aromatic heterocycles. The molecular weight excluding hydrogens is 419 g/mol. The van der Waals surface area contributed by atoms with Crippen LogP contribution in [0.1, 0.15) is 17.1 Å². The Balaban J connectivity index is 2.21. The molecule has 13 heteroatoms. The van der Waals surface area contributed by atoms with Gasteiger partial charge in [0, 0.05) is 5.56 Å². The molecule has 0 saturated carbocycles. The zero-order valence-electron chi connectivity index (χ0n) is 13.8. The Labute approximate surface area is 155 Å². The summed E-state index contributed by atoms with van der Waals surface area (Å²) >= 11 is 0. The van der Waals surface area contributed by atoms with Crippen LogP contribution < -0.4 is 0 Å². The third-order valence-electron chi connectivity index (χ3n) is 3.74. The van der Waals surface area contributed by atoms with Crippen molar-refractivity contribution < 1.29 is 39.5 Å². The van der Waals surface area contributed by atoms with E-state index >= 15 is 0 Å². The molecular formula is C16H7F9N4. The van der Waals surface area contributed by atoms with Gasteiger partial charge in [0.05, 0.1) is 5.56 Å². The SMILES string of the molecule is C=CC(F)(F)c1ccc(-c2nc3nc(C(F)(F)F)nc(C(F)(F)F)c3[nH]2)c(F)c1. The van der Waals surface area contributed by atoms with Crippen LogP contribution in [0.3, 0.4) is 0 Å². The van der Waals surface area contributed by atoms with Gasteiger partial charge in [0.25, 0.3) is 5.92 Å². The van der Waals surface area contributed by atoms with Crippen LogP contribution in [0, 0.1) is 5.82 Å². The maximum Gasteiger partial charge on any atom is 0.451 e. The molecule has 0 aliphatic heterocycles. The second-order valence-corrected chi connectivity index (χ2v) is 5.70. The van der Waals surface area contributed by atoms with Gasteiger partial charge in [-0.3, -0.25) is 0 Å². The number of rotatable bonds is 3. The number of hydrogen-bond acceptors (Lipinski definition) is 3. The highest BCUT2D eigenvalue weighted by molar-refractivity contribution is 5.78. The molecule has 1 aromatic carbocycles. The summed E-state index contributed by atoms with van der Waals surface area (Å²) in [5.74, 6) is -7.62. The monoisotopic (exact) mass is 426 g/mol. The first-order chi connectivity index (χ1) is 13.2. The van der Waals surface area contributed by atoms with Crippen molar-refractivity contribution in [3.63, 3.8) is 0 Å². The molecule has 0 unspecified atom stereocenters. The fraction of sp³-hybridized carbons (Fsp3) is 0.188. The number of benzene rings is 1. The predicted octanol–water partition coefficient (Wildman–Crippen LogP) is 5.47. The predicted molar refractivity (Wildman–Crippen MR) is 81.2 cm³/mol. The largest absolute Gasteiger partial charge is 0.451 e. The van der Waals surface area contributed by atoms with Crippen LogP contribution in [0.15, 0.2) is 30.9 Å². The lowest BCUT2D eigenvalue weighted by molar-refractivity contribution is -0.151. The smallest absolute Gasteiger partial charge is 0.335 e. The topological polar surface area (TPSA) is 54.5 Å². The third kappa shape index (κ3) is 3.76. The minimum absolute atomic E-state index is 0.256. The second-order valence-electron chi connectivity index (χ2n) is 5.70. The van der Waals surface area contributed by atoms with Crippen LogP contribution in [0.5, 0.6) is 0 Å². The lowest BCUT2D eigenvalue weighted by atomic mass is 10.1. The molecule has 3 rings (SSSR count). The van der Waals surface area contributed by atoms with Crippen molar-refractivity contribution in [3.8, 4) is 11.4 Å². The Morgan fingerprint density at radius 1 is 0.897 bits per heavy atom. The number of H-pyrrole nitrogens is 1. The van der Waals surface area contributed by atoms with E-state index in [0.29, 0.717) is 6.07 Å². The molecule has 0 atom stereocenters. The molecule has 0 spiro atoms. The molecule has 0 aliphatic carbocycles. The maximum atomic E-state index is 14.3. The normalized spacial score (nSPS) is 13.1. The van der Waals surface area contributed by atoms with Crippen LogP contribution in [0.4, 0.5) is 39.5 Å². The molecule has 0 aliphatic rings. The van der Waals surface area contributed by atoms with Gasteiger partial charge in [0.15, 0.2) is 11.3 Å². The first-order valence-corrected chi connectivity index (χ1v) is 7.48. The zero-order chi connectivity index (χ0) is 21.8. The first kappa shape index (κ1) is 20.6. The number of alkyl halides is 8. The van der Waals surface area contributed by atoms with Crippen LogP contribution in [-0.4, -0.2) is 19.9 Å². The van der Waals surface area contributed by atoms with Crippen LogP contribution in [-0.2, 0) is 18.3 Å². The molecule has 29 heavy (non-hydrogen) atoms. The molecule has 1 N–H and O–H groups in total. The van der Waals surface area contributed by atoms with Gasteiger partial charge in [-0.25, -0.2) is 19.3 Å². The van der Waals surface area contributed by atoms with Crippen molar-refractivity contribution in [1.29, 1.82) is 0 Å². The molecule has 0 saturated heterocycles. The number of aromatic nitrogens is 4. The van der Waals surface area contributed by atoms with E-state index in [2.05, 4.69) is 21.5 Å². The average Bonchev–Trinajstić information content (AvgIpc) is 3.02. The highest BCUT2D eigenvalue weighted by Gasteiger charge is 2.42.